The third-order valence-corrected chi connectivity index (χ3v) is 3.48. The van der Waals surface area contributed by atoms with Crippen molar-refractivity contribution in [1.29, 1.82) is 0 Å². The van der Waals surface area contributed by atoms with Gasteiger partial charge in [0.1, 0.15) is 12.7 Å². The van der Waals surface area contributed by atoms with E-state index in [-0.39, 0.29) is 32.0 Å². The first-order valence-electron chi connectivity index (χ1n) is 8.66. The summed E-state index contributed by atoms with van der Waals surface area (Å²) in [7, 11) is 0. The van der Waals surface area contributed by atoms with Gasteiger partial charge in [0.25, 0.3) is 0 Å². The van der Waals surface area contributed by atoms with Crippen LogP contribution < -0.4 is 0 Å². The van der Waals surface area contributed by atoms with Crippen LogP contribution in [0.5, 0.6) is 0 Å². The summed E-state index contributed by atoms with van der Waals surface area (Å²) in [6, 6.07) is 0. The SMILES string of the molecule is CCCCC(CC)COCC(C)OC(=O)OCC(C)OCCO. The van der Waals surface area contributed by atoms with E-state index in [2.05, 4.69) is 13.8 Å². The molecule has 0 bridgehead atoms. The van der Waals surface area contributed by atoms with Gasteiger partial charge in [-0.3, -0.25) is 0 Å². The Morgan fingerprint density at radius 2 is 1.83 bits per heavy atom. The highest BCUT2D eigenvalue weighted by molar-refractivity contribution is 5.60. The fourth-order valence-electron chi connectivity index (χ4n) is 2.02. The minimum Gasteiger partial charge on any atom is -0.432 e. The Labute approximate surface area is 140 Å². The first kappa shape index (κ1) is 22.1. The summed E-state index contributed by atoms with van der Waals surface area (Å²) >= 11 is 0. The molecule has 0 spiro atoms. The minimum absolute atomic E-state index is 0.0554. The van der Waals surface area contributed by atoms with Crippen molar-refractivity contribution < 1.29 is 28.8 Å². The molecule has 0 aromatic carbocycles. The summed E-state index contributed by atoms with van der Waals surface area (Å²) < 4.78 is 20.9. The van der Waals surface area contributed by atoms with E-state index in [1.807, 2.05) is 0 Å². The van der Waals surface area contributed by atoms with Crippen LogP contribution in [0.3, 0.4) is 0 Å². The number of hydrogen-bond acceptors (Lipinski definition) is 6. The Kier molecular flexibility index (Phi) is 14.2. The third-order valence-electron chi connectivity index (χ3n) is 3.48. The van der Waals surface area contributed by atoms with Crippen LogP contribution in [-0.2, 0) is 18.9 Å². The molecule has 138 valence electrons. The van der Waals surface area contributed by atoms with E-state index in [9.17, 15) is 4.79 Å². The maximum Gasteiger partial charge on any atom is 0.508 e. The average Bonchev–Trinajstić information content (AvgIpc) is 2.54. The molecule has 3 atom stereocenters. The molecule has 0 aliphatic heterocycles. The van der Waals surface area contributed by atoms with Crippen LogP contribution >= 0.6 is 0 Å². The second-order valence-electron chi connectivity index (χ2n) is 5.85. The quantitative estimate of drug-likeness (QED) is 0.492. The zero-order valence-electron chi connectivity index (χ0n) is 15.1. The molecule has 0 heterocycles. The molecule has 0 radical (unpaired) electrons. The molecule has 0 aromatic heterocycles. The van der Waals surface area contributed by atoms with Crippen molar-refractivity contribution in [3.63, 3.8) is 0 Å². The Balaban J connectivity index is 3.74. The molecule has 6 nitrogen and oxygen atoms in total. The number of carbonyl (C=O) groups is 1. The lowest BCUT2D eigenvalue weighted by atomic mass is 10.0. The van der Waals surface area contributed by atoms with Gasteiger partial charge in [-0.1, -0.05) is 33.1 Å². The van der Waals surface area contributed by atoms with Gasteiger partial charge in [-0.25, -0.2) is 4.79 Å². The van der Waals surface area contributed by atoms with E-state index in [0.29, 0.717) is 19.1 Å². The molecule has 0 aromatic rings. The second kappa shape index (κ2) is 14.7. The normalized spacial score (nSPS) is 15.0. The second-order valence-corrected chi connectivity index (χ2v) is 5.85. The van der Waals surface area contributed by atoms with Gasteiger partial charge in [-0.2, -0.15) is 0 Å². The van der Waals surface area contributed by atoms with Crippen LogP contribution in [0.25, 0.3) is 0 Å². The van der Waals surface area contributed by atoms with Crippen molar-refractivity contribution in [3.05, 3.63) is 0 Å². The van der Waals surface area contributed by atoms with Crippen molar-refractivity contribution in [2.45, 2.75) is 65.6 Å². The number of hydrogen-bond donors (Lipinski definition) is 1. The number of aliphatic hydroxyl groups excluding tert-OH is 1. The highest BCUT2D eigenvalue weighted by atomic mass is 16.7. The molecule has 0 saturated carbocycles. The topological polar surface area (TPSA) is 74.2 Å². The van der Waals surface area contributed by atoms with E-state index >= 15 is 0 Å². The Morgan fingerprint density at radius 3 is 2.43 bits per heavy atom. The molecule has 23 heavy (non-hydrogen) atoms. The van der Waals surface area contributed by atoms with Crippen LogP contribution in [0, 0.1) is 5.92 Å². The molecule has 1 N–H and O–H groups in total. The predicted octanol–water partition coefficient (Wildman–Crippen LogP) is 3.16. The number of aliphatic hydroxyl groups is 1. The molecular weight excluding hydrogens is 300 g/mol. The fraction of sp³-hybridized carbons (Fsp3) is 0.941. The Morgan fingerprint density at radius 1 is 1.09 bits per heavy atom. The van der Waals surface area contributed by atoms with Gasteiger partial charge < -0.3 is 24.1 Å². The summed E-state index contributed by atoms with van der Waals surface area (Å²) in [4.78, 5) is 11.5. The fourth-order valence-corrected chi connectivity index (χ4v) is 2.02. The lowest BCUT2D eigenvalue weighted by Gasteiger charge is -2.18. The van der Waals surface area contributed by atoms with Gasteiger partial charge in [0.15, 0.2) is 0 Å². The number of ether oxygens (including phenoxy) is 4. The van der Waals surface area contributed by atoms with Crippen molar-refractivity contribution in [1.82, 2.24) is 0 Å². The summed E-state index contributed by atoms with van der Waals surface area (Å²) in [5.74, 6) is 0.568. The van der Waals surface area contributed by atoms with Gasteiger partial charge in [0.05, 0.1) is 25.9 Å². The zero-order valence-corrected chi connectivity index (χ0v) is 15.1. The largest absolute Gasteiger partial charge is 0.508 e. The van der Waals surface area contributed by atoms with E-state index in [0.717, 1.165) is 6.42 Å². The van der Waals surface area contributed by atoms with Crippen molar-refractivity contribution >= 4 is 6.16 Å². The van der Waals surface area contributed by atoms with E-state index in [4.69, 9.17) is 24.1 Å². The lowest BCUT2D eigenvalue weighted by Crippen LogP contribution is -2.25. The van der Waals surface area contributed by atoms with Crippen molar-refractivity contribution in [2.75, 3.05) is 33.0 Å². The van der Waals surface area contributed by atoms with Crippen LogP contribution in [0.2, 0.25) is 0 Å². The molecule has 3 unspecified atom stereocenters. The average molecular weight is 334 g/mol. The van der Waals surface area contributed by atoms with Gasteiger partial charge in [-0.05, 0) is 26.2 Å². The number of carbonyl (C=O) groups excluding carboxylic acids is 1. The lowest BCUT2D eigenvalue weighted by molar-refractivity contribution is -0.0412. The van der Waals surface area contributed by atoms with Crippen LogP contribution in [0.1, 0.15) is 53.4 Å². The monoisotopic (exact) mass is 334 g/mol. The summed E-state index contributed by atoms with van der Waals surface area (Å²) in [6.07, 6.45) is 3.35. The van der Waals surface area contributed by atoms with E-state index in [1.54, 1.807) is 13.8 Å². The van der Waals surface area contributed by atoms with Crippen LogP contribution in [0.4, 0.5) is 4.79 Å². The molecular formula is C17H34O6. The first-order valence-corrected chi connectivity index (χ1v) is 8.66. The van der Waals surface area contributed by atoms with E-state index in [1.165, 1.54) is 19.3 Å². The molecule has 0 aliphatic carbocycles. The minimum atomic E-state index is -0.724. The predicted molar refractivity (Wildman–Crippen MR) is 88.5 cm³/mol. The molecule has 0 fully saturated rings. The molecule has 0 rings (SSSR count). The molecule has 0 saturated heterocycles. The maximum atomic E-state index is 11.5. The summed E-state index contributed by atoms with van der Waals surface area (Å²) in [5.41, 5.74) is 0. The highest BCUT2D eigenvalue weighted by Gasteiger charge is 2.14. The van der Waals surface area contributed by atoms with Crippen LogP contribution in [-0.4, -0.2) is 56.5 Å². The summed E-state index contributed by atoms with van der Waals surface area (Å²) in [6.45, 7) is 9.23. The van der Waals surface area contributed by atoms with Gasteiger partial charge in [0, 0.05) is 6.61 Å². The molecule has 0 aliphatic rings. The highest BCUT2D eigenvalue weighted by Crippen LogP contribution is 2.13. The van der Waals surface area contributed by atoms with Gasteiger partial charge >= 0.3 is 6.16 Å². The van der Waals surface area contributed by atoms with Crippen LogP contribution in [0.15, 0.2) is 0 Å². The number of rotatable bonds is 14. The van der Waals surface area contributed by atoms with Crippen molar-refractivity contribution in [2.24, 2.45) is 5.92 Å². The molecule has 6 heteroatoms. The maximum absolute atomic E-state index is 11.5. The standard InChI is InChI=1S/C17H34O6/c1-5-7-8-16(6-2)13-20-11-15(4)23-17(19)22-12-14(3)21-10-9-18/h14-16,18H,5-13H2,1-4H3. The summed E-state index contributed by atoms with van der Waals surface area (Å²) in [5, 5.41) is 8.63. The smallest absolute Gasteiger partial charge is 0.432 e. The third kappa shape index (κ3) is 13.3. The van der Waals surface area contributed by atoms with Gasteiger partial charge in [0.2, 0.25) is 0 Å². The number of unbranched alkanes of at least 4 members (excludes halogenated alkanes) is 1. The Hall–Kier alpha value is -0.850. The Bertz CT molecular complexity index is 284. The van der Waals surface area contributed by atoms with Crippen molar-refractivity contribution in [3.8, 4) is 0 Å². The van der Waals surface area contributed by atoms with Gasteiger partial charge in [-0.15, -0.1) is 0 Å². The van der Waals surface area contributed by atoms with E-state index < -0.39 is 6.16 Å². The molecule has 0 amide bonds. The first-order chi connectivity index (χ1) is 11.0. The zero-order chi connectivity index (χ0) is 17.5.